The molecule has 1 saturated carbocycles. The highest BCUT2D eigenvalue weighted by Crippen LogP contribution is 2.34. The summed E-state index contributed by atoms with van der Waals surface area (Å²) in [6.45, 7) is -2.41. The first kappa shape index (κ1) is 18.1. The fraction of sp³-hybridized carbons (Fsp3) is 0.368. The Hall–Kier alpha value is -2.70. The van der Waals surface area contributed by atoms with Crippen molar-refractivity contribution in [3.8, 4) is 11.5 Å². The highest BCUT2D eigenvalue weighted by molar-refractivity contribution is 5.85. The van der Waals surface area contributed by atoms with Crippen molar-refractivity contribution in [2.24, 2.45) is 5.92 Å². The summed E-state index contributed by atoms with van der Waals surface area (Å²) in [6, 6.07) is 8.19. The van der Waals surface area contributed by atoms with Crippen LogP contribution in [0.1, 0.15) is 34.5 Å². The monoisotopic (exact) mass is 363 g/mol. The third-order valence-electron chi connectivity index (χ3n) is 4.14. The SMILES string of the molecule is O=C(O)c1cc(CCc2ccc(OC(F)F)c(OCC3CC3)c2)ccn1. The Balaban J connectivity index is 1.69. The number of pyridine rings is 1. The van der Waals surface area contributed by atoms with E-state index in [2.05, 4.69) is 9.72 Å². The third-order valence-corrected chi connectivity index (χ3v) is 4.14. The molecule has 0 aliphatic heterocycles. The number of aromatic nitrogens is 1. The van der Waals surface area contributed by atoms with Gasteiger partial charge in [-0.1, -0.05) is 6.07 Å². The van der Waals surface area contributed by atoms with E-state index in [9.17, 15) is 13.6 Å². The molecule has 0 unspecified atom stereocenters. The summed E-state index contributed by atoms with van der Waals surface area (Å²) in [4.78, 5) is 14.8. The largest absolute Gasteiger partial charge is 0.489 e. The van der Waals surface area contributed by atoms with Gasteiger partial charge in [-0.2, -0.15) is 8.78 Å². The molecule has 138 valence electrons. The van der Waals surface area contributed by atoms with Gasteiger partial charge >= 0.3 is 12.6 Å². The summed E-state index contributed by atoms with van der Waals surface area (Å²) in [5.41, 5.74) is 1.73. The van der Waals surface area contributed by atoms with Crippen molar-refractivity contribution in [1.29, 1.82) is 0 Å². The van der Waals surface area contributed by atoms with Crippen LogP contribution in [0, 0.1) is 5.92 Å². The number of aromatic carboxylic acids is 1. The van der Waals surface area contributed by atoms with Gasteiger partial charge in [0.2, 0.25) is 0 Å². The minimum absolute atomic E-state index is 0.00311. The lowest BCUT2D eigenvalue weighted by Crippen LogP contribution is -2.07. The van der Waals surface area contributed by atoms with Crippen molar-refractivity contribution in [2.75, 3.05) is 6.61 Å². The van der Waals surface area contributed by atoms with Crippen molar-refractivity contribution in [3.63, 3.8) is 0 Å². The van der Waals surface area contributed by atoms with E-state index in [0.29, 0.717) is 31.1 Å². The Labute approximate surface area is 149 Å². The smallest absolute Gasteiger partial charge is 0.387 e. The number of halogens is 2. The number of hydrogen-bond acceptors (Lipinski definition) is 4. The molecule has 1 heterocycles. The molecule has 7 heteroatoms. The van der Waals surface area contributed by atoms with Crippen LogP contribution in [-0.4, -0.2) is 29.3 Å². The molecule has 0 spiro atoms. The Morgan fingerprint density at radius 1 is 1.15 bits per heavy atom. The van der Waals surface area contributed by atoms with E-state index in [0.717, 1.165) is 24.0 Å². The van der Waals surface area contributed by atoms with Gasteiger partial charge in [-0.3, -0.25) is 0 Å². The molecule has 0 bridgehead atoms. The van der Waals surface area contributed by atoms with Crippen LogP contribution in [0.2, 0.25) is 0 Å². The minimum atomic E-state index is -2.91. The summed E-state index contributed by atoms with van der Waals surface area (Å²) in [5.74, 6) is -0.238. The number of carboxylic acids is 1. The summed E-state index contributed by atoms with van der Waals surface area (Å²) >= 11 is 0. The minimum Gasteiger partial charge on any atom is -0.489 e. The number of benzene rings is 1. The lowest BCUT2D eigenvalue weighted by atomic mass is 10.0. The van der Waals surface area contributed by atoms with Crippen LogP contribution < -0.4 is 9.47 Å². The molecule has 0 amide bonds. The Bertz CT molecular complexity index is 778. The summed E-state index contributed by atoms with van der Waals surface area (Å²) in [7, 11) is 0. The van der Waals surface area contributed by atoms with Crippen LogP contribution in [0.4, 0.5) is 8.78 Å². The molecule has 1 aromatic carbocycles. The molecule has 0 saturated heterocycles. The average molecular weight is 363 g/mol. The van der Waals surface area contributed by atoms with Crippen molar-refractivity contribution < 1.29 is 28.2 Å². The van der Waals surface area contributed by atoms with Crippen LogP contribution >= 0.6 is 0 Å². The zero-order chi connectivity index (χ0) is 18.5. The van der Waals surface area contributed by atoms with Gasteiger partial charge in [0, 0.05) is 6.20 Å². The maximum Gasteiger partial charge on any atom is 0.387 e. The molecule has 0 atom stereocenters. The zero-order valence-corrected chi connectivity index (χ0v) is 14.0. The van der Waals surface area contributed by atoms with Crippen molar-refractivity contribution in [2.45, 2.75) is 32.3 Å². The quantitative estimate of drug-likeness (QED) is 0.730. The van der Waals surface area contributed by atoms with Crippen LogP contribution in [0.25, 0.3) is 0 Å². The second-order valence-electron chi connectivity index (χ2n) is 6.27. The first-order chi connectivity index (χ1) is 12.5. The number of alkyl halides is 2. The molecule has 2 aromatic rings. The van der Waals surface area contributed by atoms with E-state index in [1.54, 1.807) is 18.2 Å². The number of ether oxygens (including phenoxy) is 2. The number of carbonyl (C=O) groups is 1. The lowest BCUT2D eigenvalue weighted by molar-refractivity contribution is -0.0515. The van der Waals surface area contributed by atoms with Gasteiger partial charge < -0.3 is 14.6 Å². The standard InChI is InChI=1S/C19H19F2NO4/c20-19(21)26-16-6-5-12(10-17(16)25-11-14-3-4-14)1-2-13-7-8-22-15(9-13)18(23)24/h5-10,14,19H,1-4,11H2,(H,23,24). The van der Waals surface area contributed by atoms with Gasteiger partial charge in [-0.15, -0.1) is 0 Å². The van der Waals surface area contributed by atoms with E-state index in [4.69, 9.17) is 9.84 Å². The van der Waals surface area contributed by atoms with E-state index in [-0.39, 0.29) is 11.4 Å². The molecule has 3 rings (SSSR count). The summed E-state index contributed by atoms with van der Waals surface area (Å²) < 4.78 is 35.3. The van der Waals surface area contributed by atoms with E-state index >= 15 is 0 Å². The maximum absolute atomic E-state index is 12.6. The molecular formula is C19H19F2NO4. The van der Waals surface area contributed by atoms with E-state index < -0.39 is 12.6 Å². The number of hydrogen-bond donors (Lipinski definition) is 1. The second-order valence-corrected chi connectivity index (χ2v) is 6.27. The molecule has 5 nitrogen and oxygen atoms in total. The Kier molecular flexibility index (Phi) is 5.65. The van der Waals surface area contributed by atoms with Crippen LogP contribution in [-0.2, 0) is 12.8 Å². The highest BCUT2D eigenvalue weighted by atomic mass is 19.3. The molecule has 1 N–H and O–H groups in total. The fourth-order valence-electron chi connectivity index (χ4n) is 2.54. The van der Waals surface area contributed by atoms with Gasteiger partial charge in [0.25, 0.3) is 0 Å². The Morgan fingerprint density at radius 2 is 1.88 bits per heavy atom. The first-order valence-electron chi connectivity index (χ1n) is 8.40. The number of carboxylic acid groups (broad SMARTS) is 1. The lowest BCUT2D eigenvalue weighted by Gasteiger charge is -2.13. The molecule has 1 fully saturated rings. The molecule has 1 aliphatic carbocycles. The molecular weight excluding hydrogens is 344 g/mol. The van der Waals surface area contributed by atoms with Gasteiger partial charge in [0.05, 0.1) is 6.61 Å². The van der Waals surface area contributed by atoms with Crippen molar-refractivity contribution in [1.82, 2.24) is 4.98 Å². The van der Waals surface area contributed by atoms with E-state index in [1.165, 1.54) is 18.3 Å². The first-order valence-corrected chi connectivity index (χ1v) is 8.40. The summed E-state index contributed by atoms with van der Waals surface area (Å²) in [6.07, 6.45) is 4.86. The predicted octanol–water partition coefficient (Wildman–Crippen LogP) is 3.96. The summed E-state index contributed by atoms with van der Waals surface area (Å²) in [5, 5.41) is 8.99. The molecule has 1 aliphatic rings. The molecule has 0 radical (unpaired) electrons. The molecule has 1 aromatic heterocycles. The van der Waals surface area contributed by atoms with Crippen LogP contribution in [0.3, 0.4) is 0 Å². The zero-order valence-electron chi connectivity index (χ0n) is 14.0. The average Bonchev–Trinajstić information content (AvgIpc) is 3.44. The number of aryl methyl sites for hydroxylation is 2. The van der Waals surface area contributed by atoms with Crippen molar-refractivity contribution >= 4 is 5.97 Å². The van der Waals surface area contributed by atoms with Gasteiger partial charge in [0.1, 0.15) is 5.69 Å². The van der Waals surface area contributed by atoms with Gasteiger partial charge in [-0.25, -0.2) is 9.78 Å². The van der Waals surface area contributed by atoms with Crippen molar-refractivity contribution in [3.05, 3.63) is 53.3 Å². The maximum atomic E-state index is 12.6. The van der Waals surface area contributed by atoms with Crippen LogP contribution in [0.5, 0.6) is 11.5 Å². The molecule has 26 heavy (non-hydrogen) atoms. The van der Waals surface area contributed by atoms with E-state index in [1.807, 2.05) is 0 Å². The highest BCUT2D eigenvalue weighted by Gasteiger charge is 2.23. The fourth-order valence-corrected chi connectivity index (χ4v) is 2.54. The number of rotatable bonds is 9. The number of nitrogens with zero attached hydrogens (tertiary/aromatic N) is 1. The van der Waals surface area contributed by atoms with Crippen LogP contribution in [0.15, 0.2) is 36.5 Å². The normalized spacial score (nSPS) is 13.7. The van der Waals surface area contributed by atoms with Gasteiger partial charge in [0.15, 0.2) is 11.5 Å². The predicted molar refractivity (Wildman–Crippen MR) is 89.9 cm³/mol. The third kappa shape index (κ3) is 5.15. The second kappa shape index (κ2) is 8.12. The van der Waals surface area contributed by atoms with Gasteiger partial charge in [-0.05, 0) is 67.0 Å². The topological polar surface area (TPSA) is 68.7 Å². The Morgan fingerprint density at radius 3 is 2.54 bits per heavy atom.